The molecular weight excluding hydrogens is 524 g/mol. The lowest BCUT2D eigenvalue weighted by molar-refractivity contribution is -0.119. The highest BCUT2D eigenvalue weighted by Crippen LogP contribution is 2.56. The van der Waals surface area contributed by atoms with E-state index < -0.39 is 22.9 Å². The molecule has 3 N–H and O–H groups in total. The normalized spacial score (nSPS) is 17.8. The standard InChI is InChI=1S/C32H28N2O7/c1-6-13-40-34-18(3)26-22(35)15-25-32(4,30(26)37)28-23(36)14-24(39-5)27(29(28)41-25)31(38)33-16-21-17(2)11-12-19-9-7-8-10-20(19)21/h1,7-12,14-15,35-36H,13,16H2,2-5H3,(H,33,38)/t32-/m1/s1. The van der Waals surface area contributed by atoms with E-state index in [4.69, 9.17) is 20.7 Å². The number of aryl methyl sites for hydroxylation is 1. The highest BCUT2D eigenvalue weighted by Gasteiger charge is 2.55. The molecule has 1 amide bonds. The quantitative estimate of drug-likeness (QED) is 0.167. The van der Waals surface area contributed by atoms with E-state index in [1.807, 2.05) is 43.3 Å². The number of carbonyl (C=O) groups is 2. The number of aliphatic hydroxyl groups is 1. The molecule has 0 saturated heterocycles. The van der Waals surface area contributed by atoms with Crippen LogP contribution in [0.15, 0.2) is 70.8 Å². The number of phenols is 1. The second-order valence-corrected chi connectivity index (χ2v) is 9.92. The molecule has 0 aromatic heterocycles. The number of ether oxygens (including phenoxy) is 2. The number of fused-ring (bicyclic) bond motifs is 4. The zero-order chi connectivity index (χ0) is 29.5. The van der Waals surface area contributed by atoms with Crippen LogP contribution in [-0.2, 0) is 21.6 Å². The lowest BCUT2D eigenvalue weighted by atomic mass is 9.71. The van der Waals surface area contributed by atoms with Crippen molar-refractivity contribution in [3.05, 3.63) is 87.9 Å². The number of nitrogens with zero attached hydrogens (tertiary/aromatic N) is 1. The van der Waals surface area contributed by atoms with E-state index in [-0.39, 0.29) is 58.6 Å². The number of phenolic OH excluding ortho intramolecular Hbond substituents is 1. The van der Waals surface area contributed by atoms with Crippen LogP contribution in [0, 0.1) is 19.3 Å². The Morgan fingerprint density at radius 1 is 1.22 bits per heavy atom. The van der Waals surface area contributed by atoms with Crippen molar-refractivity contribution in [1.29, 1.82) is 0 Å². The van der Waals surface area contributed by atoms with Crippen LogP contribution in [0.5, 0.6) is 17.2 Å². The molecular formula is C32H28N2O7. The van der Waals surface area contributed by atoms with Crippen LogP contribution in [0.2, 0.25) is 0 Å². The van der Waals surface area contributed by atoms with Gasteiger partial charge in [-0.25, -0.2) is 0 Å². The van der Waals surface area contributed by atoms with Gasteiger partial charge in [-0.2, -0.15) is 0 Å². The molecule has 41 heavy (non-hydrogen) atoms. The fraction of sp³-hybridized carbons (Fsp3) is 0.219. The van der Waals surface area contributed by atoms with E-state index in [1.54, 1.807) is 6.92 Å². The predicted octanol–water partition coefficient (Wildman–Crippen LogP) is 4.75. The van der Waals surface area contributed by atoms with Crippen molar-refractivity contribution in [3.8, 4) is 29.6 Å². The molecule has 3 aromatic carbocycles. The zero-order valence-corrected chi connectivity index (χ0v) is 23.0. The summed E-state index contributed by atoms with van der Waals surface area (Å²) in [5, 5.41) is 30.6. The molecule has 0 unspecified atom stereocenters. The maximum Gasteiger partial charge on any atom is 0.259 e. The van der Waals surface area contributed by atoms with Crippen LogP contribution in [0.25, 0.3) is 10.8 Å². The molecule has 3 aromatic rings. The first-order valence-electron chi connectivity index (χ1n) is 12.8. The van der Waals surface area contributed by atoms with E-state index in [9.17, 15) is 19.8 Å². The minimum atomic E-state index is -1.57. The van der Waals surface area contributed by atoms with Crippen LogP contribution in [0.4, 0.5) is 0 Å². The second kappa shape index (κ2) is 10.4. The molecule has 1 atom stereocenters. The Morgan fingerprint density at radius 3 is 2.71 bits per heavy atom. The van der Waals surface area contributed by atoms with Crippen LogP contribution >= 0.6 is 0 Å². The van der Waals surface area contributed by atoms with Crippen molar-refractivity contribution in [2.75, 3.05) is 13.7 Å². The van der Waals surface area contributed by atoms with Gasteiger partial charge in [0.25, 0.3) is 5.91 Å². The molecule has 2 aliphatic rings. The molecule has 9 nitrogen and oxygen atoms in total. The maximum atomic E-state index is 13.9. The number of methoxy groups -OCH3 is 1. The second-order valence-electron chi connectivity index (χ2n) is 9.92. The number of rotatable bonds is 7. The minimum absolute atomic E-state index is 0.00583. The first-order chi connectivity index (χ1) is 19.6. The summed E-state index contributed by atoms with van der Waals surface area (Å²) in [5.74, 6) is 0.486. The zero-order valence-electron chi connectivity index (χ0n) is 23.0. The van der Waals surface area contributed by atoms with Crippen LogP contribution < -0.4 is 14.8 Å². The largest absolute Gasteiger partial charge is 0.507 e. The Balaban J connectivity index is 1.55. The fourth-order valence-corrected chi connectivity index (χ4v) is 5.38. The molecule has 0 radical (unpaired) electrons. The molecule has 5 rings (SSSR count). The first-order valence-corrected chi connectivity index (χ1v) is 12.8. The van der Waals surface area contributed by atoms with Crippen molar-refractivity contribution >= 4 is 28.2 Å². The Hall–Kier alpha value is -5.23. The molecule has 1 aliphatic heterocycles. The molecule has 0 bridgehead atoms. The lowest BCUT2D eigenvalue weighted by Crippen LogP contribution is -2.38. The number of amides is 1. The number of ketones is 1. The third kappa shape index (κ3) is 4.34. The van der Waals surface area contributed by atoms with Crippen molar-refractivity contribution in [2.24, 2.45) is 5.16 Å². The van der Waals surface area contributed by atoms with Crippen molar-refractivity contribution in [3.63, 3.8) is 0 Å². The number of carbonyl (C=O) groups excluding carboxylic acids is 2. The van der Waals surface area contributed by atoms with Gasteiger partial charge in [0.05, 0.1) is 24.0 Å². The summed E-state index contributed by atoms with van der Waals surface area (Å²) in [6, 6.07) is 13.2. The smallest absolute Gasteiger partial charge is 0.259 e. The van der Waals surface area contributed by atoms with Crippen molar-refractivity contribution in [2.45, 2.75) is 32.7 Å². The average Bonchev–Trinajstić information content (AvgIpc) is 3.25. The summed E-state index contributed by atoms with van der Waals surface area (Å²) >= 11 is 0. The van der Waals surface area contributed by atoms with Gasteiger partial charge in [0.15, 0.2) is 18.1 Å². The molecule has 1 heterocycles. The Kier molecular flexibility index (Phi) is 6.93. The molecule has 9 heteroatoms. The maximum absolute atomic E-state index is 13.9. The fourth-order valence-electron chi connectivity index (χ4n) is 5.38. The van der Waals surface area contributed by atoms with E-state index in [0.29, 0.717) is 0 Å². The number of aliphatic hydroxyl groups excluding tert-OH is 1. The van der Waals surface area contributed by atoms with Crippen LogP contribution in [0.3, 0.4) is 0 Å². The number of hydrogen-bond donors (Lipinski definition) is 3. The predicted molar refractivity (Wildman–Crippen MR) is 153 cm³/mol. The number of oxime groups is 1. The van der Waals surface area contributed by atoms with Gasteiger partial charge in [0.1, 0.15) is 34.0 Å². The monoisotopic (exact) mass is 552 g/mol. The number of benzene rings is 3. The Morgan fingerprint density at radius 2 is 1.98 bits per heavy atom. The number of hydrogen-bond acceptors (Lipinski definition) is 8. The number of aromatic hydroxyl groups is 1. The highest BCUT2D eigenvalue weighted by atomic mass is 16.6. The number of allylic oxidation sites excluding steroid dienone is 3. The van der Waals surface area contributed by atoms with Gasteiger partial charge >= 0.3 is 0 Å². The number of Topliss-reactive ketones (excluding diaryl/α,β-unsaturated/α-hetero) is 1. The van der Waals surface area contributed by atoms with Gasteiger partial charge in [-0.05, 0) is 42.7 Å². The van der Waals surface area contributed by atoms with Crippen molar-refractivity contribution < 1.29 is 34.1 Å². The number of nitrogens with one attached hydrogen (secondary N) is 1. The summed E-state index contributed by atoms with van der Waals surface area (Å²) in [4.78, 5) is 32.6. The SMILES string of the molecule is C#CCON=C(C)C1=C(O)C=C2Oc3c(C(=O)NCc4c(C)ccc5ccccc45)c(OC)cc(O)c3[C@]2(C)C1=O. The molecule has 1 aliphatic carbocycles. The summed E-state index contributed by atoms with van der Waals surface area (Å²) in [5.41, 5.74) is 0.425. The third-order valence-electron chi connectivity index (χ3n) is 7.49. The van der Waals surface area contributed by atoms with E-state index >= 15 is 0 Å². The summed E-state index contributed by atoms with van der Waals surface area (Å²) < 4.78 is 11.5. The van der Waals surface area contributed by atoms with Gasteiger partial charge in [-0.3, -0.25) is 9.59 Å². The number of terminal acetylenes is 1. The van der Waals surface area contributed by atoms with Crippen molar-refractivity contribution in [1.82, 2.24) is 5.32 Å². The van der Waals surface area contributed by atoms with Crippen LogP contribution in [-0.4, -0.2) is 41.3 Å². The van der Waals surface area contributed by atoms with Gasteiger partial charge < -0.3 is 29.8 Å². The topological polar surface area (TPSA) is 127 Å². The first kappa shape index (κ1) is 27.3. The highest BCUT2D eigenvalue weighted by molar-refractivity contribution is 6.27. The third-order valence-corrected chi connectivity index (χ3v) is 7.49. The van der Waals surface area contributed by atoms with E-state index in [2.05, 4.69) is 16.4 Å². The summed E-state index contributed by atoms with van der Waals surface area (Å²) in [6.45, 7) is 5.09. The lowest BCUT2D eigenvalue weighted by Gasteiger charge is -2.28. The Bertz CT molecular complexity index is 1760. The van der Waals surface area contributed by atoms with E-state index in [1.165, 1.54) is 26.2 Å². The van der Waals surface area contributed by atoms with Crippen LogP contribution in [0.1, 0.15) is 40.9 Å². The molecule has 0 spiro atoms. The summed E-state index contributed by atoms with van der Waals surface area (Å²) in [7, 11) is 1.36. The van der Waals surface area contributed by atoms with Gasteiger partial charge in [-0.15, -0.1) is 6.42 Å². The molecule has 0 saturated carbocycles. The minimum Gasteiger partial charge on any atom is -0.507 e. The van der Waals surface area contributed by atoms with Gasteiger partial charge in [0.2, 0.25) is 0 Å². The molecule has 208 valence electrons. The summed E-state index contributed by atoms with van der Waals surface area (Å²) in [6.07, 6.45) is 6.46. The molecule has 0 fully saturated rings. The Labute approximate surface area is 236 Å². The van der Waals surface area contributed by atoms with E-state index in [0.717, 1.165) is 21.9 Å². The van der Waals surface area contributed by atoms with Gasteiger partial charge in [0, 0.05) is 18.7 Å². The average molecular weight is 553 g/mol. The van der Waals surface area contributed by atoms with Gasteiger partial charge in [-0.1, -0.05) is 47.5 Å².